The molecule has 0 aliphatic carbocycles. The number of fused-ring (bicyclic) bond motifs is 1. The predicted octanol–water partition coefficient (Wildman–Crippen LogP) is 4.40. The lowest BCUT2D eigenvalue weighted by Crippen LogP contribution is -2.36. The van der Waals surface area contributed by atoms with Crippen molar-refractivity contribution in [3.05, 3.63) is 77.1 Å². The summed E-state index contributed by atoms with van der Waals surface area (Å²) in [5.41, 5.74) is 3.12. The van der Waals surface area contributed by atoms with Gasteiger partial charge in [-0.25, -0.2) is 18.7 Å². The van der Waals surface area contributed by atoms with Crippen molar-refractivity contribution in [2.45, 2.75) is 26.3 Å². The molecular weight excluding hydrogens is 362 g/mol. The van der Waals surface area contributed by atoms with Gasteiger partial charge in [0.15, 0.2) is 11.6 Å². The van der Waals surface area contributed by atoms with Gasteiger partial charge >= 0.3 is 0 Å². The summed E-state index contributed by atoms with van der Waals surface area (Å²) < 4.78 is 26.6. The number of carbonyl (C=O) groups excluding carboxylic acids is 1. The molecule has 1 amide bonds. The second-order valence-corrected chi connectivity index (χ2v) is 6.83. The number of anilines is 3. The third-order valence-corrected chi connectivity index (χ3v) is 4.68. The van der Waals surface area contributed by atoms with Crippen LogP contribution in [0.1, 0.15) is 28.7 Å². The molecule has 1 N–H and O–H groups in total. The molecule has 1 aliphatic rings. The maximum Gasteiger partial charge on any atom is 0.277 e. The minimum absolute atomic E-state index is 0.0165. The van der Waals surface area contributed by atoms with Crippen LogP contribution in [0.5, 0.6) is 0 Å². The smallest absolute Gasteiger partial charge is 0.277 e. The zero-order valence-electron chi connectivity index (χ0n) is 15.4. The van der Waals surface area contributed by atoms with Crippen LogP contribution in [0.2, 0.25) is 0 Å². The highest BCUT2D eigenvalue weighted by molar-refractivity contribution is 6.06. The number of nitrogens with zero attached hydrogens (tertiary/aromatic N) is 3. The van der Waals surface area contributed by atoms with E-state index in [4.69, 9.17) is 0 Å². The van der Waals surface area contributed by atoms with E-state index in [-0.39, 0.29) is 23.6 Å². The molecule has 0 saturated carbocycles. The topological polar surface area (TPSA) is 58.1 Å². The fourth-order valence-corrected chi connectivity index (χ4v) is 3.44. The summed E-state index contributed by atoms with van der Waals surface area (Å²) in [6.07, 6.45) is 0.784. The number of rotatable bonds is 3. The zero-order chi connectivity index (χ0) is 19.8. The number of benzene rings is 2. The average molecular weight is 380 g/mol. The summed E-state index contributed by atoms with van der Waals surface area (Å²) >= 11 is 0. The number of amides is 1. The summed E-state index contributed by atoms with van der Waals surface area (Å²) in [5.74, 6) is -1.99. The lowest BCUT2D eigenvalue weighted by molar-refractivity contribution is 0.0976. The molecule has 0 saturated heterocycles. The van der Waals surface area contributed by atoms with Crippen LogP contribution in [-0.4, -0.2) is 21.9 Å². The van der Waals surface area contributed by atoms with Crippen LogP contribution in [0, 0.1) is 18.6 Å². The molecule has 2 heterocycles. The van der Waals surface area contributed by atoms with Gasteiger partial charge in [0.1, 0.15) is 5.69 Å². The van der Waals surface area contributed by atoms with Gasteiger partial charge in [-0.05, 0) is 50.1 Å². The van der Waals surface area contributed by atoms with E-state index in [1.54, 1.807) is 17.9 Å². The first-order chi connectivity index (χ1) is 13.4. The number of hydrogen-bond donors (Lipinski definition) is 1. The largest absolute Gasteiger partial charge is 0.324 e. The Hall–Kier alpha value is -3.35. The molecule has 5 nitrogen and oxygen atoms in total. The van der Waals surface area contributed by atoms with E-state index in [1.165, 1.54) is 6.07 Å². The van der Waals surface area contributed by atoms with E-state index in [9.17, 15) is 13.6 Å². The van der Waals surface area contributed by atoms with Gasteiger partial charge in [-0.1, -0.05) is 18.2 Å². The van der Waals surface area contributed by atoms with Crippen LogP contribution < -0.4 is 10.2 Å². The van der Waals surface area contributed by atoms with Crippen LogP contribution in [0.4, 0.5) is 26.1 Å². The van der Waals surface area contributed by atoms with E-state index in [0.29, 0.717) is 11.4 Å². The van der Waals surface area contributed by atoms with Crippen molar-refractivity contribution in [2.24, 2.45) is 0 Å². The summed E-state index contributed by atoms with van der Waals surface area (Å²) in [5, 5.41) is 2.83. The van der Waals surface area contributed by atoms with Gasteiger partial charge in [0, 0.05) is 29.2 Å². The van der Waals surface area contributed by atoms with Gasteiger partial charge in [0.05, 0.1) is 0 Å². The molecule has 7 heteroatoms. The predicted molar refractivity (Wildman–Crippen MR) is 103 cm³/mol. The van der Waals surface area contributed by atoms with Crippen LogP contribution in [0.25, 0.3) is 0 Å². The Morgan fingerprint density at radius 2 is 1.89 bits per heavy atom. The Kier molecular flexibility index (Phi) is 4.50. The number of para-hydroxylation sites is 1. The molecule has 1 unspecified atom stereocenters. The highest BCUT2D eigenvalue weighted by Gasteiger charge is 2.32. The molecule has 142 valence electrons. The van der Waals surface area contributed by atoms with Crippen molar-refractivity contribution in [3.8, 4) is 0 Å². The molecule has 1 atom stereocenters. The maximum absolute atomic E-state index is 13.4. The van der Waals surface area contributed by atoms with Crippen molar-refractivity contribution in [2.75, 3.05) is 10.2 Å². The minimum atomic E-state index is -0.976. The number of aromatic nitrogens is 2. The minimum Gasteiger partial charge on any atom is -0.324 e. The molecular formula is C21H18F2N4O. The van der Waals surface area contributed by atoms with E-state index < -0.39 is 11.6 Å². The number of halogens is 2. The highest BCUT2D eigenvalue weighted by Crippen LogP contribution is 2.33. The number of aryl methyl sites for hydroxylation is 1. The molecule has 0 fully saturated rings. The normalized spacial score (nSPS) is 15.4. The highest BCUT2D eigenvalue weighted by atomic mass is 19.2. The van der Waals surface area contributed by atoms with Crippen LogP contribution in [0.15, 0.2) is 48.5 Å². The molecule has 3 aromatic rings. The number of nitrogens with one attached hydrogen (secondary N) is 1. The van der Waals surface area contributed by atoms with Crippen molar-refractivity contribution in [1.82, 2.24) is 9.97 Å². The van der Waals surface area contributed by atoms with E-state index in [0.717, 1.165) is 29.8 Å². The van der Waals surface area contributed by atoms with Crippen LogP contribution in [-0.2, 0) is 6.42 Å². The van der Waals surface area contributed by atoms with E-state index in [1.807, 2.05) is 31.2 Å². The standard InChI is InChI=1S/C21H18F2N4O/c1-12-9-18(20(28)27-13(2)10-14-5-3-4-6-19(14)27)26-21(24-12)25-15-7-8-16(22)17(23)11-15/h3-9,11,13H,10H2,1-2H3,(H,24,25,26). The molecule has 1 aliphatic heterocycles. The SMILES string of the molecule is Cc1cc(C(=O)N2c3ccccc3CC2C)nc(Nc2ccc(F)c(F)c2)n1. The lowest BCUT2D eigenvalue weighted by Gasteiger charge is -2.22. The van der Waals surface area contributed by atoms with Crippen molar-refractivity contribution in [1.29, 1.82) is 0 Å². The molecule has 0 spiro atoms. The maximum atomic E-state index is 13.4. The van der Waals surface area contributed by atoms with Crippen molar-refractivity contribution < 1.29 is 13.6 Å². The van der Waals surface area contributed by atoms with Crippen LogP contribution >= 0.6 is 0 Å². The number of hydrogen-bond acceptors (Lipinski definition) is 4. The average Bonchev–Trinajstić information content (AvgIpc) is 2.99. The van der Waals surface area contributed by atoms with Crippen LogP contribution in [0.3, 0.4) is 0 Å². The van der Waals surface area contributed by atoms with Gasteiger partial charge in [-0.15, -0.1) is 0 Å². The van der Waals surface area contributed by atoms with Gasteiger partial charge in [-0.3, -0.25) is 4.79 Å². The second kappa shape index (κ2) is 6.99. The van der Waals surface area contributed by atoms with Gasteiger partial charge in [0.25, 0.3) is 5.91 Å². The number of carbonyl (C=O) groups is 1. The Bertz CT molecular complexity index is 1070. The zero-order valence-corrected chi connectivity index (χ0v) is 15.4. The van der Waals surface area contributed by atoms with Crippen molar-refractivity contribution in [3.63, 3.8) is 0 Å². The van der Waals surface area contributed by atoms with Gasteiger partial charge < -0.3 is 10.2 Å². The molecule has 2 aromatic carbocycles. The third-order valence-electron chi connectivity index (χ3n) is 4.68. The molecule has 0 bridgehead atoms. The van der Waals surface area contributed by atoms with E-state index in [2.05, 4.69) is 15.3 Å². The summed E-state index contributed by atoms with van der Waals surface area (Å²) in [7, 11) is 0. The first-order valence-corrected chi connectivity index (χ1v) is 8.91. The van der Waals surface area contributed by atoms with Crippen molar-refractivity contribution >= 4 is 23.2 Å². The molecule has 28 heavy (non-hydrogen) atoms. The Morgan fingerprint density at radius 3 is 2.68 bits per heavy atom. The summed E-state index contributed by atoms with van der Waals surface area (Å²) in [6.45, 7) is 3.74. The fraction of sp³-hybridized carbons (Fsp3) is 0.190. The Morgan fingerprint density at radius 1 is 1.11 bits per heavy atom. The summed E-state index contributed by atoms with van der Waals surface area (Å²) in [4.78, 5) is 23.5. The van der Waals surface area contributed by atoms with Gasteiger partial charge in [0.2, 0.25) is 5.95 Å². The first kappa shape index (κ1) is 18.0. The molecule has 1 aromatic heterocycles. The van der Waals surface area contributed by atoms with E-state index >= 15 is 0 Å². The quantitative estimate of drug-likeness (QED) is 0.732. The lowest BCUT2D eigenvalue weighted by atomic mass is 10.1. The second-order valence-electron chi connectivity index (χ2n) is 6.83. The first-order valence-electron chi connectivity index (χ1n) is 8.91. The Labute approximate surface area is 161 Å². The monoisotopic (exact) mass is 380 g/mol. The fourth-order valence-electron chi connectivity index (χ4n) is 3.44. The molecule has 4 rings (SSSR count). The third kappa shape index (κ3) is 3.31. The van der Waals surface area contributed by atoms with Gasteiger partial charge in [-0.2, -0.15) is 0 Å². The summed E-state index contributed by atoms with van der Waals surface area (Å²) in [6, 6.07) is 12.8. The Balaban J connectivity index is 1.65. The molecule has 0 radical (unpaired) electrons.